The summed E-state index contributed by atoms with van der Waals surface area (Å²) >= 11 is 0. The van der Waals surface area contributed by atoms with E-state index in [1.54, 1.807) is 36.5 Å². The molecule has 0 saturated heterocycles. The molecule has 1 heterocycles. The number of pyridine rings is 1. The molecule has 0 aliphatic heterocycles. The Kier molecular flexibility index (Phi) is 6.01. The fourth-order valence-electron chi connectivity index (χ4n) is 2.67. The van der Waals surface area contributed by atoms with E-state index in [1.165, 1.54) is 18.9 Å². The molecule has 6 heteroatoms. The van der Waals surface area contributed by atoms with Gasteiger partial charge in [0, 0.05) is 17.6 Å². The predicted octanol–water partition coefficient (Wildman–Crippen LogP) is 4.43. The Morgan fingerprint density at radius 1 is 0.929 bits per heavy atom. The van der Waals surface area contributed by atoms with E-state index in [2.05, 4.69) is 34.7 Å². The van der Waals surface area contributed by atoms with Crippen LogP contribution in [0.2, 0.25) is 0 Å². The van der Waals surface area contributed by atoms with Gasteiger partial charge in [0.25, 0.3) is 5.91 Å². The average Bonchev–Trinajstić information content (AvgIpc) is 2.74. The van der Waals surface area contributed by atoms with Crippen molar-refractivity contribution in [1.29, 1.82) is 0 Å². The number of benzene rings is 2. The Morgan fingerprint density at radius 3 is 2.39 bits per heavy atom. The molecular formula is C22H21N3O3. The number of aromatic nitrogens is 1. The highest BCUT2D eigenvalue weighted by Gasteiger charge is 2.10. The van der Waals surface area contributed by atoms with E-state index in [0.29, 0.717) is 22.5 Å². The molecule has 2 N–H and O–H groups in total. The van der Waals surface area contributed by atoms with Crippen molar-refractivity contribution in [2.24, 2.45) is 0 Å². The number of aryl methyl sites for hydroxylation is 1. The number of ether oxygens (including phenoxy) is 1. The van der Waals surface area contributed by atoms with Gasteiger partial charge in [-0.2, -0.15) is 0 Å². The molecule has 3 rings (SSSR count). The number of nitrogens with one attached hydrogen (secondary N) is 2. The number of rotatable bonds is 6. The van der Waals surface area contributed by atoms with E-state index >= 15 is 0 Å². The molecule has 0 fully saturated rings. The smallest absolute Gasteiger partial charge is 0.337 e. The molecule has 1 amide bonds. The second kappa shape index (κ2) is 8.81. The first kappa shape index (κ1) is 19.1. The molecule has 0 radical (unpaired) electrons. The van der Waals surface area contributed by atoms with Crippen molar-refractivity contribution < 1.29 is 14.3 Å². The van der Waals surface area contributed by atoms with E-state index in [4.69, 9.17) is 4.74 Å². The van der Waals surface area contributed by atoms with Crippen LogP contribution in [-0.4, -0.2) is 24.0 Å². The highest BCUT2D eigenvalue weighted by molar-refractivity contribution is 6.05. The summed E-state index contributed by atoms with van der Waals surface area (Å²) < 4.78 is 4.70. The van der Waals surface area contributed by atoms with Crippen LogP contribution in [0.15, 0.2) is 67.0 Å². The van der Waals surface area contributed by atoms with E-state index in [0.717, 1.165) is 12.1 Å². The van der Waals surface area contributed by atoms with Crippen molar-refractivity contribution in [1.82, 2.24) is 4.98 Å². The van der Waals surface area contributed by atoms with Crippen molar-refractivity contribution in [3.05, 3.63) is 83.7 Å². The summed E-state index contributed by atoms with van der Waals surface area (Å²) in [7, 11) is 1.31. The molecule has 6 nitrogen and oxygen atoms in total. The molecule has 0 saturated carbocycles. The molecular weight excluding hydrogens is 354 g/mol. The van der Waals surface area contributed by atoms with Gasteiger partial charge in [-0.3, -0.25) is 9.78 Å². The van der Waals surface area contributed by atoms with Crippen molar-refractivity contribution in [3.8, 4) is 0 Å². The summed E-state index contributed by atoms with van der Waals surface area (Å²) in [6, 6.07) is 16.4. The normalized spacial score (nSPS) is 10.2. The summed E-state index contributed by atoms with van der Waals surface area (Å²) in [5.41, 5.74) is 4.15. The quantitative estimate of drug-likeness (QED) is 0.623. The third-order valence-electron chi connectivity index (χ3n) is 4.19. The minimum atomic E-state index is -0.460. The second-order valence-corrected chi connectivity index (χ2v) is 6.16. The predicted molar refractivity (Wildman–Crippen MR) is 109 cm³/mol. The van der Waals surface area contributed by atoms with Crippen molar-refractivity contribution in [2.75, 3.05) is 17.7 Å². The average molecular weight is 375 g/mol. The van der Waals surface area contributed by atoms with Crippen LogP contribution in [0.1, 0.15) is 33.2 Å². The molecule has 0 unspecified atom stereocenters. The second-order valence-electron chi connectivity index (χ2n) is 6.16. The van der Waals surface area contributed by atoms with Crippen LogP contribution in [0.4, 0.5) is 17.1 Å². The van der Waals surface area contributed by atoms with Crippen LogP contribution in [0.25, 0.3) is 0 Å². The summed E-state index contributed by atoms with van der Waals surface area (Å²) in [5.74, 6) is -0.780. The van der Waals surface area contributed by atoms with Crippen LogP contribution in [0.3, 0.4) is 0 Å². The fraction of sp³-hybridized carbons (Fsp3) is 0.136. The van der Waals surface area contributed by atoms with Gasteiger partial charge in [-0.05, 0) is 48.4 Å². The van der Waals surface area contributed by atoms with Gasteiger partial charge in [-0.15, -0.1) is 0 Å². The zero-order valence-corrected chi connectivity index (χ0v) is 15.7. The van der Waals surface area contributed by atoms with Gasteiger partial charge in [0.1, 0.15) is 0 Å². The number of nitrogens with zero attached hydrogens (tertiary/aromatic N) is 1. The van der Waals surface area contributed by atoms with E-state index < -0.39 is 5.97 Å². The minimum Gasteiger partial charge on any atom is -0.465 e. The Hall–Kier alpha value is -3.67. The molecule has 142 valence electrons. The Labute approximate surface area is 163 Å². The third-order valence-corrected chi connectivity index (χ3v) is 4.19. The number of carbonyl (C=O) groups is 2. The van der Waals surface area contributed by atoms with Gasteiger partial charge in [-0.1, -0.05) is 25.1 Å². The SMILES string of the molecule is CCc1ccc(Nc2cncc(C(=O)Nc3cccc(C(=O)OC)c3)c2)cc1. The number of hydrogen-bond donors (Lipinski definition) is 2. The summed E-state index contributed by atoms with van der Waals surface area (Å²) in [4.78, 5) is 28.3. The number of amides is 1. The number of carbonyl (C=O) groups excluding carboxylic acids is 2. The van der Waals surface area contributed by atoms with Crippen LogP contribution >= 0.6 is 0 Å². The first-order chi connectivity index (χ1) is 13.6. The van der Waals surface area contributed by atoms with Crippen LogP contribution < -0.4 is 10.6 Å². The highest BCUT2D eigenvalue weighted by Crippen LogP contribution is 2.19. The molecule has 0 spiro atoms. The van der Waals surface area contributed by atoms with Crippen LogP contribution in [-0.2, 0) is 11.2 Å². The molecule has 2 aromatic carbocycles. The van der Waals surface area contributed by atoms with E-state index in [1.807, 2.05) is 12.1 Å². The maximum atomic E-state index is 12.6. The van der Waals surface area contributed by atoms with Gasteiger partial charge >= 0.3 is 5.97 Å². The Balaban J connectivity index is 1.72. The number of esters is 1. The Bertz CT molecular complexity index is 984. The molecule has 3 aromatic rings. The molecule has 0 aliphatic carbocycles. The summed E-state index contributed by atoms with van der Waals surface area (Å²) in [6.07, 6.45) is 4.13. The highest BCUT2D eigenvalue weighted by atomic mass is 16.5. The lowest BCUT2D eigenvalue weighted by molar-refractivity contribution is 0.0600. The monoisotopic (exact) mass is 375 g/mol. The number of methoxy groups -OCH3 is 1. The lowest BCUT2D eigenvalue weighted by Crippen LogP contribution is -2.13. The zero-order chi connectivity index (χ0) is 19.9. The van der Waals surface area contributed by atoms with Crippen molar-refractivity contribution >= 4 is 28.9 Å². The molecule has 28 heavy (non-hydrogen) atoms. The summed E-state index contributed by atoms with van der Waals surface area (Å²) in [6.45, 7) is 2.11. The van der Waals surface area contributed by atoms with Crippen molar-refractivity contribution in [3.63, 3.8) is 0 Å². The van der Waals surface area contributed by atoms with Gasteiger partial charge in [0.15, 0.2) is 0 Å². The summed E-state index contributed by atoms with van der Waals surface area (Å²) in [5, 5.41) is 6.01. The minimum absolute atomic E-state index is 0.320. The largest absolute Gasteiger partial charge is 0.465 e. The van der Waals surface area contributed by atoms with Gasteiger partial charge in [0.05, 0.1) is 30.1 Å². The zero-order valence-electron chi connectivity index (χ0n) is 15.7. The molecule has 0 bridgehead atoms. The standard InChI is InChI=1S/C22H21N3O3/c1-3-15-7-9-18(10-8-15)24-20-12-17(13-23-14-20)21(26)25-19-6-4-5-16(11-19)22(27)28-2/h4-14,24H,3H2,1-2H3,(H,25,26). The van der Waals surface area contributed by atoms with E-state index in [9.17, 15) is 9.59 Å². The van der Waals surface area contributed by atoms with Crippen molar-refractivity contribution in [2.45, 2.75) is 13.3 Å². The molecule has 1 aromatic heterocycles. The number of hydrogen-bond acceptors (Lipinski definition) is 5. The maximum Gasteiger partial charge on any atom is 0.337 e. The van der Waals surface area contributed by atoms with Gasteiger partial charge in [0.2, 0.25) is 0 Å². The fourth-order valence-corrected chi connectivity index (χ4v) is 2.67. The molecule has 0 aliphatic rings. The lowest BCUT2D eigenvalue weighted by Gasteiger charge is -2.10. The van der Waals surface area contributed by atoms with Crippen LogP contribution in [0.5, 0.6) is 0 Å². The van der Waals surface area contributed by atoms with E-state index in [-0.39, 0.29) is 5.91 Å². The topological polar surface area (TPSA) is 80.3 Å². The van der Waals surface area contributed by atoms with Gasteiger partial charge in [-0.25, -0.2) is 4.79 Å². The lowest BCUT2D eigenvalue weighted by atomic mass is 10.1. The third kappa shape index (κ3) is 4.73. The first-order valence-corrected chi connectivity index (χ1v) is 8.90. The first-order valence-electron chi connectivity index (χ1n) is 8.90. The number of anilines is 3. The maximum absolute atomic E-state index is 12.6. The van der Waals surface area contributed by atoms with Gasteiger partial charge < -0.3 is 15.4 Å². The molecule has 0 atom stereocenters. The van der Waals surface area contributed by atoms with Crippen LogP contribution in [0, 0.1) is 0 Å². The Morgan fingerprint density at radius 2 is 1.68 bits per heavy atom.